The summed E-state index contributed by atoms with van der Waals surface area (Å²) in [7, 11) is 0. The van der Waals surface area contributed by atoms with Crippen LogP contribution < -0.4 is 11.1 Å². The molecule has 3 unspecified atom stereocenters. The van der Waals surface area contributed by atoms with E-state index in [1.807, 2.05) is 20.8 Å². The van der Waals surface area contributed by atoms with Gasteiger partial charge >= 0.3 is 0 Å². The normalized spacial score (nSPS) is 30.5. The first-order valence-corrected chi connectivity index (χ1v) is 5.63. The lowest BCUT2D eigenvalue weighted by molar-refractivity contribution is -0.130. The third-order valence-electron chi connectivity index (χ3n) is 3.47. The van der Waals surface area contributed by atoms with E-state index in [1.165, 1.54) is 0 Å². The number of amides is 1. The number of carbonyl (C=O) groups is 1. The summed E-state index contributed by atoms with van der Waals surface area (Å²) in [4.78, 5) is 11.6. The van der Waals surface area contributed by atoms with Crippen molar-refractivity contribution in [1.82, 2.24) is 5.32 Å². The highest BCUT2D eigenvalue weighted by molar-refractivity contribution is 5.81. The standard InChI is InChI=1S/C11H22N2O2/c1-4-5-7(12)10(15)13-8-6-9(14)11(8,2)3/h7-9,14H,4-6,12H2,1-3H3,(H,13,15). The van der Waals surface area contributed by atoms with Gasteiger partial charge in [-0.2, -0.15) is 0 Å². The molecule has 3 atom stereocenters. The molecule has 4 nitrogen and oxygen atoms in total. The second kappa shape index (κ2) is 4.49. The summed E-state index contributed by atoms with van der Waals surface area (Å²) in [5, 5.41) is 12.4. The Balaban J connectivity index is 2.40. The monoisotopic (exact) mass is 214 g/mol. The maximum atomic E-state index is 11.6. The van der Waals surface area contributed by atoms with Gasteiger partial charge in [-0.1, -0.05) is 27.2 Å². The molecule has 1 saturated carbocycles. The van der Waals surface area contributed by atoms with E-state index in [1.54, 1.807) is 0 Å². The molecule has 15 heavy (non-hydrogen) atoms. The quantitative estimate of drug-likeness (QED) is 0.633. The van der Waals surface area contributed by atoms with E-state index in [4.69, 9.17) is 5.73 Å². The topological polar surface area (TPSA) is 75.4 Å². The summed E-state index contributed by atoms with van der Waals surface area (Å²) in [6.07, 6.45) is 1.94. The molecule has 0 aromatic heterocycles. The Morgan fingerprint density at radius 2 is 2.27 bits per heavy atom. The summed E-state index contributed by atoms with van der Waals surface area (Å²) >= 11 is 0. The largest absolute Gasteiger partial charge is 0.392 e. The number of carbonyl (C=O) groups excluding carboxylic acids is 1. The van der Waals surface area contributed by atoms with Crippen LogP contribution in [0, 0.1) is 5.41 Å². The predicted octanol–water partition coefficient (Wildman–Crippen LogP) is 0.389. The van der Waals surface area contributed by atoms with Crippen molar-refractivity contribution in [3.8, 4) is 0 Å². The molecule has 0 saturated heterocycles. The average Bonchev–Trinajstić information content (AvgIpc) is 2.17. The van der Waals surface area contributed by atoms with Crippen molar-refractivity contribution in [2.24, 2.45) is 11.1 Å². The van der Waals surface area contributed by atoms with Crippen LogP contribution in [0.5, 0.6) is 0 Å². The van der Waals surface area contributed by atoms with Gasteiger partial charge in [0.15, 0.2) is 0 Å². The molecule has 4 N–H and O–H groups in total. The Morgan fingerprint density at radius 3 is 2.67 bits per heavy atom. The molecule has 0 aromatic rings. The van der Waals surface area contributed by atoms with Crippen LogP contribution in [0.15, 0.2) is 0 Å². The molecule has 88 valence electrons. The highest BCUT2D eigenvalue weighted by Crippen LogP contribution is 2.40. The third kappa shape index (κ3) is 2.49. The summed E-state index contributed by atoms with van der Waals surface area (Å²) in [5.41, 5.74) is 5.48. The first-order valence-electron chi connectivity index (χ1n) is 5.63. The van der Waals surface area contributed by atoms with Gasteiger partial charge in [0.05, 0.1) is 12.1 Å². The van der Waals surface area contributed by atoms with Gasteiger partial charge < -0.3 is 16.2 Å². The van der Waals surface area contributed by atoms with Gasteiger partial charge in [-0.05, 0) is 12.8 Å². The minimum Gasteiger partial charge on any atom is -0.392 e. The zero-order chi connectivity index (χ0) is 11.6. The number of aliphatic hydroxyl groups is 1. The van der Waals surface area contributed by atoms with E-state index < -0.39 is 6.04 Å². The lowest BCUT2D eigenvalue weighted by atomic mass is 9.64. The van der Waals surface area contributed by atoms with E-state index in [2.05, 4.69) is 5.32 Å². The molecule has 0 bridgehead atoms. The lowest BCUT2D eigenvalue weighted by Gasteiger charge is -2.49. The Labute approximate surface area is 91.2 Å². The molecule has 1 fully saturated rings. The maximum Gasteiger partial charge on any atom is 0.237 e. The highest BCUT2D eigenvalue weighted by Gasteiger charge is 2.48. The number of rotatable bonds is 4. The SMILES string of the molecule is CCCC(N)C(=O)NC1CC(O)C1(C)C. The highest BCUT2D eigenvalue weighted by atomic mass is 16.3. The van der Waals surface area contributed by atoms with Gasteiger partial charge in [-0.3, -0.25) is 4.79 Å². The summed E-state index contributed by atoms with van der Waals surface area (Å²) in [6.45, 7) is 5.92. The molecule has 0 aliphatic heterocycles. The molecule has 4 heteroatoms. The fraction of sp³-hybridized carbons (Fsp3) is 0.909. The van der Waals surface area contributed by atoms with Crippen LogP contribution in [0.25, 0.3) is 0 Å². The molecule has 1 rings (SSSR count). The maximum absolute atomic E-state index is 11.6. The van der Waals surface area contributed by atoms with Gasteiger partial charge in [-0.15, -0.1) is 0 Å². The first-order chi connectivity index (χ1) is 6.89. The van der Waals surface area contributed by atoms with Crippen LogP contribution in [0.4, 0.5) is 0 Å². The van der Waals surface area contributed by atoms with Gasteiger partial charge in [0, 0.05) is 11.5 Å². The smallest absolute Gasteiger partial charge is 0.237 e. The number of hydrogen-bond donors (Lipinski definition) is 3. The molecule has 0 radical (unpaired) electrons. The van der Waals surface area contributed by atoms with E-state index in [0.717, 1.165) is 6.42 Å². The molecule has 0 aromatic carbocycles. The van der Waals surface area contributed by atoms with Crippen LogP contribution in [0.3, 0.4) is 0 Å². The van der Waals surface area contributed by atoms with E-state index in [9.17, 15) is 9.90 Å². The number of nitrogens with two attached hydrogens (primary N) is 1. The fourth-order valence-corrected chi connectivity index (χ4v) is 1.87. The van der Waals surface area contributed by atoms with Gasteiger partial charge in [-0.25, -0.2) is 0 Å². The zero-order valence-corrected chi connectivity index (χ0v) is 9.79. The van der Waals surface area contributed by atoms with Crippen LogP contribution in [-0.4, -0.2) is 29.2 Å². The van der Waals surface area contributed by atoms with E-state index in [-0.39, 0.29) is 23.5 Å². The van der Waals surface area contributed by atoms with Gasteiger partial charge in [0.25, 0.3) is 0 Å². The van der Waals surface area contributed by atoms with Crippen molar-refractivity contribution in [2.45, 2.75) is 58.2 Å². The van der Waals surface area contributed by atoms with Crippen LogP contribution in [0.2, 0.25) is 0 Å². The summed E-state index contributed by atoms with van der Waals surface area (Å²) in [6, 6.07) is -0.355. The molecule has 1 amide bonds. The Bertz CT molecular complexity index is 241. The van der Waals surface area contributed by atoms with E-state index in [0.29, 0.717) is 12.8 Å². The zero-order valence-electron chi connectivity index (χ0n) is 9.79. The minimum absolute atomic E-state index is 0.0582. The fourth-order valence-electron chi connectivity index (χ4n) is 1.87. The second-order valence-corrected chi connectivity index (χ2v) is 5.03. The minimum atomic E-state index is -0.413. The Morgan fingerprint density at radius 1 is 1.67 bits per heavy atom. The Kier molecular flexibility index (Phi) is 3.73. The molecular formula is C11H22N2O2. The van der Waals surface area contributed by atoms with Crippen molar-refractivity contribution in [2.75, 3.05) is 0 Å². The number of hydrogen-bond acceptors (Lipinski definition) is 3. The molecular weight excluding hydrogens is 192 g/mol. The van der Waals surface area contributed by atoms with Crippen LogP contribution in [-0.2, 0) is 4.79 Å². The third-order valence-corrected chi connectivity index (χ3v) is 3.47. The van der Waals surface area contributed by atoms with Crippen molar-refractivity contribution < 1.29 is 9.90 Å². The average molecular weight is 214 g/mol. The molecule has 1 aliphatic rings. The van der Waals surface area contributed by atoms with Crippen LogP contribution in [0.1, 0.15) is 40.0 Å². The Hall–Kier alpha value is -0.610. The van der Waals surface area contributed by atoms with Gasteiger partial charge in [0.1, 0.15) is 0 Å². The van der Waals surface area contributed by atoms with E-state index >= 15 is 0 Å². The van der Waals surface area contributed by atoms with Crippen LogP contribution >= 0.6 is 0 Å². The molecule has 0 heterocycles. The van der Waals surface area contributed by atoms with Crippen molar-refractivity contribution in [3.63, 3.8) is 0 Å². The molecule has 0 spiro atoms. The first kappa shape index (κ1) is 12.5. The number of nitrogens with one attached hydrogen (secondary N) is 1. The lowest BCUT2D eigenvalue weighted by Crippen LogP contribution is -2.62. The summed E-state index contributed by atoms with van der Waals surface area (Å²) in [5.74, 6) is -0.0955. The van der Waals surface area contributed by atoms with Crippen molar-refractivity contribution in [3.05, 3.63) is 0 Å². The second-order valence-electron chi connectivity index (χ2n) is 5.03. The predicted molar refractivity (Wildman–Crippen MR) is 59.2 cm³/mol. The van der Waals surface area contributed by atoms with Gasteiger partial charge in [0.2, 0.25) is 5.91 Å². The molecule has 1 aliphatic carbocycles. The van der Waals surface area contributed by atoms with Crippen molar-refractivity contribution in [1.29, 1.82) is 0 Å². The summed E-state index contributed by atoms with van der Waals surface area (Å²) < 4.78 is 0. The number of aliphatic hydroxyl groups excluding tert-OH is 1. The van der Waals surface area contributed by atoms with Crippen molar-refractivity contribution >= 4 is 5.91 Å².